The minimum Gasteiger partial charge on any atom is -0.271 e. The third-order valence-corrected chi connectivity index (χ3v) is 3.42. The van der Waals surface area contributed by atoms with Gasteiger partial charge in [-0.3, -0.25) is 10.8 Å². The Morgan fingerprint density at radius 1 is 1.06 bits per heavy atom. The predicted molar refractivity (Wildman–Crippen MR) is 74.1 cm³/mol. The second-order valence-corrected chi connectivity index (χ2v) is 4.68. The van der Waals surface area contributed by atoms with Gasteiger partial charge in [0.15, 0.2) is 0 Å². The van der Waals surface area contributed by atoms with E-state index in [2.05, 4.69) is 49.4 Å². The van der Waals surface area contributed by atoms with Crippen LogP contribution in [0.25, 0.3) is 0 Å². The topological polar surface area (TPSA) is 50.9 Å². The predicted octanol–water partition coefficient (Wildman–Crippen LogP) is 2.56. The van der Waals surface area contributed by atoms with Crippen molar-refractivity contribution in [1.29, 1.82) is 0 Å². The number of nitrogens with two attached hydrogens (primary N) is 1. The minimum absolute atomic E-state index is 0.0157. The number of aromatic nitrogens is 1. The fraction of sp³-hybridized carbons (Fsp3) is 0.267. The molecular formula is C15H19N3. The summed E-state index contributed by atoms with van der Waals surface area (Å²) in [5.74, 6) is 5.72. The summed E-state index contributed by atoms with van der Waals surface area (Å²) in [6.07, 6.45) is 3.67. The van der Waals surface area contributed by atoms with Crippen molar-refractivity contribution in [2.24, 2.45) is 5.84 Å². The summed E-state index contributed by atoms with van der Waals surface area (Å²) >= 11 is 0. The first-order chi connectivity index (χ1) is 8.63. The first kappa shape index (κ1) is 12.7. The Balaban J connectivity index is 2.45. The molecule has 0 fully saturated rings. The second-order valence-electron chi connectivity index (χ2n) is 4.68. The van der Waals surface area contributed by atoms with Gasteiger partial charge < -0.3 is 0 Å². The molecule has 1 atom stereocenters. The largest absolute Gasteiger partial charge is 0.271 e. The molecule has 0 saturated carbocycles. The SMILES string of the molecule is Cc1ccc(C(NN)c2cnccc2C)cc1C. The van der Waals surface area contributed by atoms with Gasteiger partial charge in [0.05, 0.1) is 6.04 Å². The lowest BCUT2D eigenvalue weighted by Crippen LogP contribution is -2.29. The first-order valence-corrected chi connectivity index (χ1v) is 6.07. The molecule has 3 N–H and O–H groups in total. The van der Waals surface area contributed by atoms with Crippen LogP contribution in [0.3, 0.4) is 0 Å². The van der Waals surface area contributed by atoms with Crippen LogP contribution in [0.2, 0.25) is 0 Å². The van der Waals surface area contributed by atoms with Gasteiger partial charge in [0.2, 0.25) is 0 Å². The number of hydrazine groups is 1. The third kappa shape index (κ3) is 2.42. The quantitative estimate of drug-likeness (QED) is 0.641. The molecule has 1 heterocycles. The highest BCUT2D eigenvalue weighted by Gasteiger charge is 2.15. The molecule has 1 unspecified atom stereocenters. The number of pyridine rings is 1. The van der Waals surface area contributed by atoms with Crippen molar-refractivity contribution in [3.63, 3.8) is 0 Å². The monoisotopic (exact) mass is 241 g/mol. The van der Waals surface area contributed by atoms with Crippen molar-refractivity contribution in [3.05, 3.63) is 64.5 Å². The molecule has 3 nitrogen and oxygen atoms in total. The van der Waals surface area contributed by atoms with Gasteiger partial charge in [0.25, 0.3) is 0 Å². The third-order valence-electron chi connectivity index (χ3n) is 3.42. The molecule has 2 aromatic rings. The maximum absolute atomic E-state index is 5.72. The Kier molecular flexibility index (Phi) is 3.75. The first-order valence-electron chi connectivity index (χ1n) is 6.07. The van der Waals surface area contributed by atoms with Gasteiger partial charge in [-0.15, -0.1) is 0 Å². The van der Waals surface area contributed by atoms with Crippen molar-refractivity contribution < 1.29 is 0 Å². The van der Waals surface area contributed by atoms with Gasteiger partial charge in [0.1, 0.15) is 0 Å². The van der Waals surface area contributed by atoms with E-state index in [4.69, 9.17) is 5.84 Å². The van der Waals surface area contributed by atoms with Gasteiger partial charge in [-0.05, 0) is 54.7 Å². The Morgan fingerprint density at radius 2 is 1.83 bits per heavy atom. The number of rotatable bonds is 3. The van der Waals surface area contributed by atoms with Crippen molar-refractivity contribution in [3.8, 4) is 0 Å². The van der Waals surface area contributed by atoms with Crippen LogP contribution in [0.5, 0.6) is 0 Å². The average molecular weight is 241 g/mol. The van der Waals surface area contributed by atoms with Crippen LogP contribution in [0.15, 0.2) is 36.7 Å². The highest BCUT2D eigenvalue weighted by molar-refractivity contribution is 5.38. The summed E-state index contributed by atoms with van der Waals surface area (Å²) in [7, 11) is 0. The lowest BCUT2D eigenvalue weighted by atomic mass is 9.95. The Hall–Kier alpha value is -1.71. The fourth-order valence-electron chi connectivity index (χ4n) is 2.09. The highest BCUT2D eigenvalue weighted by Crippen LogP contribution is 2.24. The smallest absolute Gasteiger partial charge is 0.0727 e. The van der Waals surface area contributed by atoms with E-state index in [0.717, 1.165) is 11.1 Å². The van der Waals surface area contributed by atoms with Crippen molar-refractivity contribution in [1.82, 2.24) is 10.4 Å². The van der Waals surface area contributed by atoms with E-state index in [-0.39, 0.29) is 6.04 Å². The summed E-state index contributed by atoms with van der Waals surface area (Å²) < 4.78 is 0. The van der Waals surface area contributed by atoms with E-state index in [0.29, 0.717) is 0 Å². The van der Waals surface area contributed by atoms with E-state index in [9.17, 15) is 0 Å². The van der Waals surface area contributed by atoms with E-state index in [1.165, 1.54) is 16.7 Å². The maximum Gasteiger partial charge on any atom is 0.0727 e. The van der Waals surface area contributed by atoms with Gasteiger partial charge in [-0.25, -0.2) is 5.43 Å². The Labute approximate surface area is 108 Å². The van der Waals surface area contributed by atoms with Crippen molar-refractivity contribution in [2.45, 2.75) is 26.8 Å². The molecule has 3 heteroatoms. The van der Waals surface area contributed by atoms with Crippen LogP contribution in [-0.2, 0) is 0 Å². The lowest BCUT2D eigenvalue weighted by molar-refractivity contribution is 0.631. The molecule has 94 valence electrons. The van der Waals surface area contributed by atoms with Crippen molar-refractivity contribution in [2.75, 3.05) is 0 Å². The van der Waals surface area contributed by atoms with Gasteiger partial charge >= 0.3 is 0 Å². The summed E-state index contributed by atoms with van der Waals surface area (Å²) in [4.78, 5) is 4.18. The molecule has 1 aromatic heterocycles. The molecule has 0 bridgehead atoms. The number of nitrogens with zero attached hydrogens (tertiary/aromatic N) is 1. The van der Waals surface area contributed by atoms with Gasteiger partial charge in [0, 0.05) is 12.4 Å². The molecule has 0 aliphatic carbocycles. The molecule has 0 amide bonds. The molecule has 0 radical (unpaired) electrons. The average Bonchev–Trinajstić information content (AvgIpc) is 2.37. The van der Waals surface area contributed by atoms with Gasteiger partial charge in [-0.1, -0.05) is 18.2 Å². The number of nitrogens with one attached hydrogen (secondary N) is 1. The minimum atomic E-state index is -0.0157. The Bertz CT molecular complexity index is 549. The van der Waals surface area contributed by atoms with Crippen LogP contribution in [0.1, 0.15) is 33.9 Å². The normalized spacial score (nSPS) is 12.4. The number of hydrogen-bond acceptors (Lipinski definition) is 3. The van der Waals surface area contributed by atoms with Crippen LogP contribution < -0.4 is 11.3 Å². The lowest BCUT2D eigenvalue weighted by Gasteiger charge is -2.19. The van der Waals surface area contributed by atoms with Crippen LogP contribution in [0.4, 0.5) is 0 Å². The number of hydrogen-bond donors (Lipinski definition) is 2. The molecule has 0 spiro atoms. The van der Waals surface area contributed by atoms with Crippen molar-refractivity contribution >= 4 is 0 Å². The molecule has 1 aromatic carbocycles. The zero-order valence-corrected chi connectivity index (χ0v) is 11.1. The zero-order chi connectivity index (χ0) is 13.1. The van der Waals surface area contributed by atoms with E-state index < -0.39 is 0 Å². The highest BCUT2D eigenvalue weighted by atomic mass is 15.2. The second kappa shape index (κ2) is 5.29. The standard InChI is InChI=1S/C15H19N3/c1-10-4-5-13(8-12(10)3)15(18-16)14-9-17-7-6-11(14)2/h4-9,15,18H,16H2,1-3H3. The van der Waals surface area contributed by atoms with Gasteiger partial charge in [-0.2, -0.15) is 0 Å². The van der Waals surface area contributed by atoms with Crippen LogP contribution in [-0.4, -0.2) is 4.98 Å². The van der Waals surface area contributed by atoms with E-state index in [1.807, 2.05) is 12.3 Å². The molecule has 18 heavy (non-hydrogen) atoms. The molecular weight excluding hydrogens is 222 g/mol. The summed E-state index contributed by atoms with van der Waals surface area (Å²) in [5, 5.41) is 0. The summed E-state index contributed by atoms with van der Waals surface area (Å²) in [6.45, 7) is 6.30. The molecule has 2 rings (SSSR count). The summed E-state index contributed by atoms with van der Waals surface area (Å²) in [6, 6.07) is 8.39. The van der Waals surface area contributed by atoms with E-state index >= 15 is 0 Å². The fourth-order valence-corrected chi connectivity index (χ4v) is 2.09. The van der Waals surface area contributed by atoms with E-state index in [1.54, 1.807) is 6.20 Å². The molecule has 0 aliphatic heterocycles. The number of benzene rings is 1. The summed E-state index contributed by atoms with van der Waals surface area (Å²) in [5.41, 5.74) is 8.91. The van der Waals surface area contributed by atoms with Crippen LogP contribution in [0, 0.1) is 20.8 Å². The number of aryl methyl sites for hydroxylation is 3. The molecule has 0 aliphatic rings. The molecule has 0 saturated heterocycles. The zero-order valence-electron chi connectivity index (χ0n) is 11.1. The van der Waals surface area contributed by atoms with Crippen LogP contribution >= 0.6 is 0 Å². The maximum atomic E-state index is 5.72. The Morgan fingerprint density at radius 3 is 2.44 bits per heavy atom.